The molecule has 1 nitrogen and oxygen atoms in total. The van der Waals surface area contributed by atoms with E-state index < -0.39 is 0 Å². The molecule has 1 radical (unpaired) electrons. The molecule has 1 aromatic carbocycles. The molecule has 2 unspecified atom stereocenters. The largest absolute Gasteiger partial charge is 0.370 e. The Morgan fingerprint density at radius 3 is 2.64 bits per heavy atom. The van der Waals surface area contributed by atoms with E-state index >= 15 is 0 Å². The maximum atomic E-state index is 5.31. The van der Waals surface area contributed by atoms with Crippen molar-refractivity contribution in [2.75, 3.05) is 0 Å². The van der Waals surface area contributed by atoms with Gasteiger partial charge in [-0.2, -0.15) is 0 Å². The van der Waals surface area contributed by atoms with Crippen LogP contribution in [-0.4, -0.2) is 12.2 Å². The van der Waals surface area contributed by atoms with E-state index in [2.05, 4.69) is 25.1 Å². The third kappa shape index (κ3) is 1.60. The van der Waals surface area contributed by atoms with E-state index in [1.807, 2.05) is 12.1 Å². The van der Waals surface area contributed by atoms with Crippen LogP contribution >= 0.6 is 0 Å². The number of hydrogen-bond acceptors (Lipinski definition) is 1. The molecule has 2 rings (SSSR count). The maximum Gasteiger partial charge on any atom is 0.0879 e. The van der Waals surface area contributed by atoms with Gasteiger partial charge in [0.05, 0.1) is 12.2 Å². The zero-order valence-electron chi connectivity index (χ0n) is 6.58. The normalized spacial score (nSPS) is 28.5. The second kappa shape index (κ2) is 2.67. The second-order valence-corrected chi connectivity index (χ2v) is 2.99. The molecule has 57 valence electrons. The number of rotatable bonds is 2. The van der Waals surface area contributed by atoms with Crippen molar-refractivity contribution in [3.8, 4) is 0 Å². The van der Waals surface area contributed by atoms with Crippen LogP contribution in [0.25, 0.3) is 0 Å². The van der Waals surface area contributed by atoms with Crippen LogP contribution < -0.4 is 0 Å². The first kappa shape index (κ1) is 6.86. The van der Waals surface area contributed by atoms with Gasteiger partial charge in [-0.1, -0.05) is 24.3 Å². The Kier molecular flexibility index (Phi) is 1.66. The van der Waals surface area contributed by atoms with Crippen LogP contribution in [0.1, 0.15) is 12.5 Å². The van der Waals surface area contributed by atoms with Gasteiger partial charge in [0.2, 0.25) is 0 Å². The molecule has 1 fully saturated rings. The molecule has 0 N–H and O–H groups in total. The predicted octanol–water partition coefficient (Wildman–Crippen LogP) is 1.82. The fraction of sp³-hybridized carbons (Fsp3) is 0.400. The summed E-state index contributed by atoms with van der Waals surface area (Å²) >= 11 is 0. The van der Waals surface area contributed by atoms with Crippen LogP contribution in [-0.2, 0) is 11.2 Å². The Labute approximate surface area is 67.0 Å². The van der Waals surface area contributed by atoms with E-state index in [0.717, 1.165) is 6.42 Å². The van der Waals surface area contributed by atoms with Gasteiger partial charge in [0.25, 0.3) is 0 Å². The Balaban J connectivity index is 1.97. The highest BCUT2D eigenvalue weighted by Crippen LogP contribution is 2.24. The summed E-state index contributed by atoms with van der Waals surface area (Å²) in [5.74, 6) is 0. The van der Waals surface area contributed by atoms with Crippen LogP contribution in [0, 0.1) is 6.07 Å². The lowest BCUT2D eigenvalue weighted by molar-refractivity contribution is 0.378. The minimum atomic E-state index is 0.470. The third-order valence-corrected chi connectivity index (χ3v) is 2.06. The van der Waals surface area contributed by atoms with Crippen molar-refractivity contribution in [2.45, 2.75) is 25.6 Å². The van der Waals surface area contributed by atoms with Crippen LogP contribution in [0.4, 0.5) is 0 Å². The fourth-order valence-electron chi connectivity index (χ4n) is 1.23. The van der Waals surface area contributed by atoms with E-state index in [1.165, 1.54) is 5.56 Å². The molecule has 2 atom stereocenters. The molecule has 0 aromatic heterocycles. The monoisotopic (exact) mass is 147 g/mol. The van der Waals surface area contributed by atoms with Gasteiger partial charge in [0, 0.05) is 6.42 Å². The Morgan fingerprint density at radius 1 is 1.45 bits per heavy atom. The van der Waals surface area contributed by atoms with E-state index in [4.69, 9.17) is 4.74 Å². The van der Waals surface area contributed by atoms with Crippen molar-refractivity contribution in [2.24, 2.45) is 0 Å². The predicted molar refractivity (Wildman–Crippen MR) is 43.3 cm³/mol. The smallest absolute Gasteiger partial charge is 0.0879 e. The minimum absolute atomic E-state index is 0.470. The first-order valence-corrected chi connectivity index (χ1v) is 3.97. The minimum Gasteiger partial charge on any atom is -0.370 e. The topological polar surface area (TPSA) is 12.5 Å². The quantitative estimate of drug-likeness (QED) is 0.581. The lowest BCUT2D eigenvalue weighted by Crippen LogP contribution is -1.94. The highest BCUT2D eigenvalue weighted by atomic mass is 16.6. The van der Waals surface area contributed by atoms with Crippen molar-refractivity contribution in [3.63, 3.8) is 0 Å². The van der Waals surface area contributed by atoms with Crippen molar-refractivity contribution >= 4 is 0 Å². The fourth-order valence-corrected chi connectivity index (χ4v) is 1.23. The molecule has 1 aromatic rings. The summed E-state index contributed by atoms with van der Waals surface area (Å²) in [6.45, 7) is 2.11. The van der Waals surface area contributed by atoms with E-state index in [1.54, 1.807) is 0 Å². The molecule has 1 aliphatic rings. The summed E-state index contributed by atoms with van der Waals surface area (Å²) in [7, 11) is 0. The van der Waals surface area contributed by atoms with Crippen LogP contribution in [0.5, 0.6) is 0 Å². The van der Waals surface area contributed by atoms with Gasteiger partial charge in [-0.15, -0.1) is 0 Å². The summed E-state index contributed by atoms with van der Waals surface area (Å²) in [5, 5.41) is 0. The molecule has 1 saturated heterocycles. The van der Waals surface area contributed by atoms with Crippen LogP contribution in [0.3, 0.4) is 0 Å². The summed E-state index contributed by atoms with van der Waals surface area (Å²) in [6.07, 6.45) is 1.99. The zero-order chi connectivity index (χ0) is 7.68. The number of benzene rings is 1. The molecule has 1 heterocycles. The molecule has 0 bridgehead atoms. The number of hydrogen-bond donors (Lipinski definition) is 0. The molecule has 0 amide bonds. The standard InChI is InChI=1S/C10H11O/c1-8-10(11-8)7-9-5-3-2-4-6-9/h3-6,8,10H,7H2,1H3. The van der Waals surface area contributed by atoms with Gasteiger partial charge < -0.3 is 4.74 Å². The van der Waals surface area contributed by atoms with Gasteiger partial charge in [0.1, 0.15) is 0 Å². The number of ether oxygens (including phenoxy) is 1. The molecule has 0 aliphatic carbocycles. The third-order valence-electron chi connectivity index (χ3n) is 2.06. The van der Waals surface area contributed by atoms with Crippen molar-refractivity contribution in [1.29, 1.82) is 0 Å². The van der Waals surface area contributed by atoms with Crippen LogP contribution in [0.15, 0.2) is 24.3 Å². The molecule has 11 heavy (non-hydrogen) atoms. The van der Waals surface area contributed by atoms with Crippen molar-refractivity contribution in [1.82, 2.24) is 0 Å². The van der Waals surface area contributed by atoms with Gasteiger partial charge in [-0.3, -0.25) is 0 Å². The lowest BCUT2D eigenvalue weighted by Gasteiger charge is -1.94. The molecule has 1 heteroatoms. The first-order chi connectivity index (χ1) is 5.36. The summed E-state index contributed by atoms with van der Waals surface area (Å²) in [6, 6.07) is 11.1. The first-order valence-electron chi connectivity index (χ1n) is 3.97. The molecular formula is C10H11O. The van der Waals surface area contributed by atoms with Crippen LogP contribution in [0.2, 0.25) is 0 Å². The maximum absolute atomic E-state index is 5.31. The lowest BCUT2D eigenvalue weighted by atomic mass is 10.1. The molecular weight excluding hydrogens is 136 g/mol. The van der Waals surface area contributed by atoms with E-state index in [0.29, 0.717) is 12.2 Å². The summed E-state index contributed by atoms with van der Waals surface area (Å²) in [5.41, 5.74) is 1.35. The highest BCUT2D eigenvalue weighted by molar-refractivity contribution is 5.16. The molecule has 0 saturated carbocycles. The second-order valence-electron chi connectivity index (χ2n) is 2.99. The average Bonchev–Trinajstić information content (AvgIpc) is 2.69. The van der Waals surface area contributed by atoms with Gasteiger partial charge >= 0.3 is 0 Å². The highest BCUT2D eigenvalue weighted by Gasteiger charge is 2.33. The summed E-state index contributed by atoms with van der Waals surface area (Å²) in [4.78, 5) is 0. The van der Waals surface area contributed by atoms with Crippen molar-refractivity contribution in [3.05, 3.63) is 35.9 Å². The summed E-state index contributed by atoms with van der Waals surface area (Å²) < 4.78 is 5.31. The molecule has 0 spiro atoms. The SMILES string of the molecule is CC1OC1Cc1cc[c]cc1. The Morgan fingerprint density at radius 2 is 2.09 bits per heavy atom. The van der Waals surface area contributed by atoms with E-state index in [-0.39, 0.29) is 0 Å². The average molecular weight is 147 g/mol. The zero-order valence-corrected chi connectivity index (χ0v) is 6.58. The Bertz CT molecular complexity index is 230. The molecule has 1 aliphatic heterocycles. The van der Waals surface area contributed by atoms with Gasteiger partial charge in [-0.25, -0.2) is 0 Å². The van der Waals surface area contributed by atoms with Crippen molar-refractivity contribution < 1.29 is 4.74 Å². The van der Waals surface area contributed by atoms with Gasteiger partial charge in [0.15, 0.2) is 0 Å². The Hall–Kier alpha value is -0.820. The van der Waals surface area contributed by atoms with Gasteiger partial charge in [-0.05, 0) is 18.6 Å². The number of epoxide rings is 1. The van der Waals surface area contributed by atoms with E-state index in [9.17, 15) is 0 Å².